The number of benzene rings is 2. The quantitative estimate of drug-likeness (QED) is 0.657. The summed E-state index contributed by atoms with van der Waals surface area (Å²) >= 11 is 0. The van der Waals surface area contributed by atoms with Crippen molar-refractivity contribution in [3.8, 4) is 11.3 Å². The standard InChI is InChI=1S/C20H18N2O3/c1-2-13-12-17(20(24)25)19(23)22-18(13)14-8-10-16(11-9-14)21-15-6-4-3-5-7-15/h3-12,21H,2H2,1H3,(H,22,23)(H,24,25). The fourth-order valence-electron chi connectivity index (χ4n) is 2.68. The lowest BCUT2D eigenvalue weighted by molar-refractivity contribution is 0.0695. The number of hydrogen-bond donors (Lipinski definition) is 3. The number of aromatic carboxylic acids is 1. The number of anilines is 2. The molecule has 0 spiro atoms. The summed E-state index contributed by atoms with van der Waals surface area (Å²) in [6, 6.07) is 18.9. The van der Waals surface area contributed by atoms with Crippen molar-refractivity contribution in [3.63, 3.8) is 0 Å². The number of aromatic amines is 1. The Hall–Kier alpha value is -3.34. The van der Waals surface area contributed by atoms with E-state index in [0.29, 0.717) is 12.1 Å². The number of H-pyrrole nitrogens is 1. The second kappa shape index (κ2) is 7.05. The highest BCUT2D eigenvalue weighted by molar-refractivity contribution is 5.88. The molecule has 0 saturated heterocycles. The minimum atomic E-state index is -1.22. The predicted molar refractivity (Wildman–Crippen MR) is 98.6 cm³/mol. The van der Waals surface area contributed by atoms with Gasteiger partial charge in [0.25, 0.3) is 5.56 Å². The Kier molecular flexibility index (Phi) is 4.66. The van der Waals surface area contributed by atoms with Crippen LogP contribution >= 0.6 is 0 Å². The van der Waals surface area contributed by atoms with Gasteiger partial charge in [0.05, 0.1) is 5.69 Å². The molecule has 0 aliphatic rings. The molecule has 25 heavy (non-hydrogen) atoms. The molecular weight excluding hydrogens is 316 g/mol. The Labute approximate surface area is 145 Å². The van der Waals surface area contributed by atoms with Crippen LogP contribution in [0.5, 0.6) is 0 Å². The molecule has 3 rings (SSSR count). The third kappa shape index (κ3) is 3.61. The molecule has 0 unspecified atom stereocenters. The molecule has 5 nitrogen and oxygen atoms in total. The number of hydrogen-bond acceptors (Lipinski definition) is 3. The molecule has 126 valence electrons. The first-order valence-corrected chi connectivity index (χ1v) is 8.00. The van der Waals surface area contributed by atoms with Gasteiger partial charge in [-0.2, -0.15) is 0 Å². The molecule has 0 saturated carbocycles. The Balaban J connectivity index is 1.93. The minimum absolute atomic E-state index is 0.233. The average Bonchev–Trinajstić information content (AvgIpc) is 2.63. The molecule has 3 aromatic rings. The van der Waals surface area contributed by atoms with Gasteiger partial charge >= 0.3 is 5.97 Å². The van der Waals surface area contributed by atoms with Gasteiger partial charge in [0.15, 0.2) is 0 Å². The number of carboxylic acid groups (broad SMARTS) is 1. The van der Waals surface area contributed by atoms with E-state index in [0.717, 1.165) is 22.5 Å². The van der Waals surface area contributed by atoms with Crippen molar-refractivity contribution >= 4 is 17.3 Å². The van der Waals surface area contributed by atoms with Crippen LogP contribution in [-0.2, 0) is 6.42 Å². The van der Waals surface area contributed by atoms with Crippen LogP contribution in [-0.4, -0.2) is 16.1 Å². The molecule has 0 aliphatic heterocycles. The van der Waals surface area contributed by atoms with Crippen molar-refractivity contribution < 1.29 is 9.90 Å². The van der Waals surface area contributed by atoms with E-state index in [2.05, 4.69) is 10.3 Å². The fourth-order valence-corrected chi connectivity index (χ4v) is 2.68. The van der Waals surface area contributed by atoms with Crippen molar-refractivity contribution in [2.75, 3.05) is 5.32 Å². The largest absolute Gasteiger partial charge is 0.477 e. The molecule has 0 atom stereocenters. The number of rotatable bonds is 5. The van der Waals surface area contributed by atoms with Gasteiger partial charge in [-0.25, -0.2) is 4.79 Å². The van der Waals surface area contributed by atoms with Crippen molar-refractivity contribution in [2.24, 2.45) is 0 Å². The number of carboxylic acids is 1. The zero-order valence-corrected chi connectivity index (χ0v) is 13.7. The molecule has 2 aromatic carbocycles. The van der Waals surface area contributed by atoms with E-state index < -0.39 is 11.5 Å². The van der Waals surface area contributed by atoms with Crippen LogP contribution in [0, 0.1) is 0 Å². The van der Waals surface area contributed by atoms with Crippen LogP contribution in [0.15, 0.2) is 65.5 Å². The van der Waals surface area contributed by atoms with Gasteiger partial charge in [0, 0.05) is 11.4 Å². The molecule has 0 amide bonds. The van der Waals surface area contributed by atoms with Crippen molar-refractivity contribution in [1.29, 1.82) is 0 Å². The van der Waals surface area contributed by atoms with E-state index in [1.54, 1.807) is 0 Å². The van der Waals surface area contributed by atoms with Crippen LogP contribution in [0.25, 0.3) is 11.3 Å². The Bertz CT molecular complexity index is 945. The molecule has 1 heterocycles. The van der Waals surface area contributed by atoms with Crippen molar-refractivity contribution in [1.82, 2.24) is 4.98 Å². The van der Waals surface area contributed by atoms with Gasteiger partial charge in [0.1, 0.15) is 5.56 Å². The zero-order chi connectivity index (χ0) is 17.8. The monoisotopic (exact) mass is 334 g/mol. The first kappa shape index (κ1) is 16.5. The number of nitrogens with one attached hydrogen (secondary N) is 2. The predicted octanol–water partition coefficient (Wildman–Crippen LogP) is 4.05. The molecule has 0 aliphatic carbocycles. The number of pyridine rings is 1. The van der Waals surface area contributed by atoms with E-state index in [4.69, 9.17) is 5.11 Å². The first-order valence-electron chi connectivity index (χ1n) is 8.00. The summed E-state index contributed by atoms with van der Waals surface area (Å²) in [6.45, 7) is 1.92. The SMILES string of the molecule is CCc1cc(C(=O)O)c(=O)[nH]c1-c1ccc(Nc2ccccc2)cc1. The number of carbonyl (C=O) groups is 1. The second-order valence-electron chi connectivity index (χ2n) is 5.64. The minimum Gasteiger partial charge on any atom is -0.477 e. The highest BCUT2D eigenvalue weighted by atomic mass is 16.4. The van der Waals surface area contributed by atoms with Crippen molar-refractivity contribution in [3.05, 3.63) is 82.1 Å². The highest BCUT2D eigenvalue weighted by Crippen LogP contribution is 2.24. The van der Waals surface area contributed by atoms with E-state index in [1.807, 2.05) is 61.5 Å². The van der Waals surface area contributed by atoms with Gasteiger partial charge in [-0.15, -0.1) is 0 Å². The maximum Gasteiger partial charge on any atom is 0.341 e. The average molecular weight is 334 g/mol. The molecule has 0 fully saturated rings. The van der Waals surface area contributed by atoms with Crippen LogP contribution in [0.1, 0.15) is 22.8 Å². The second-order valence-corrected chi connectivity index (χ2v) is 5.64. The summed E-state index contributed by atoms with van der Waals surface area (Å²) in [5.41, 5.74) is 3.38. The number of aromatic nitrogens is 1. The maximum absolute atomic E-state index is 12.0. The van der Waals surface area contributed by atoms with Gasteiger partial charge in [-0.05, 0) is 47.9 Å². The van der Waals surface area contributed by atoms with Crippen LogP contribution in [0.3, 0.4) is 0 Å². The Morgan fingerprint density at radius 3 is 2.28 bits per heavy atom. The van der Waals surface area contributed by atoms with E-state index in [1.165, 1.54) is 6.07 Å². The first-order chi connectivity index (χ1) is 12.1. The smallest absolute Gasteiger partial charge is 0.341 e. The van der Waals surface area contributed by atoms with Gasteiger partial charge in [0.2, 0.25) is 0 Å². The summed E-state index contributed by atoms with van der Waals surface area (Å²) in [4.78, 5) is 25.8. The van der Waals surface area contributed by atoms with E-state index in [9.17, 15) is 9.59 Å². The Morgan fingerprint density at radius 2 is 1.68 bits per heavy atom. The number of para-hydroxylation sites is 1. The molecule has 3 N–H and O–H groups in total. The summed E-state index contributed by atoms with van der Waals surface area (Å²) < 4.78 is 0. The lowest BCUT2D eigenvalue weighted by Crippen LogP contribution is -2.19. The number of aryl methyl sites for hydroxylation is 1. The third-order valence-electron chi connectivity index (χ3n) is 3.97. The van der Waals surface area contributed by atoms with E-state index in [-0.39, 0.29) is 5.56 Å². The summed E-state index contributed by atoms with van der Waals surface area (Å²) in [5, 5.41) is 12.4. The van der Waals surface area contributed by atoms with Crippen LogP contribution in [0.4, 0.5) is 11.4 Å². The van der Waals surface area contributed by atoms with Gasteiger partial charge < -0.3 is 15.4 Å². The molecule has 0 bridgehead atoms. The topological polar surface area (TPSA) is 82.2 Å². The molecule has 5 heteroatoms. The highest BCUT2D eigenvalue weighted by Gasteiger charge is 2.14. The molecular formula is C20H18N2O3. The molecule has 0 radical (unpaired) electrons. The normalized spacial score (nSPS) is 10.4. The van der Waals surface area contributed by atoms with Gasteiger partial charge in [-0.1, -0.05) is 37.3 Å². The lowest BCUT2D eigenvalue weighted by atomic mass is 10.0. The van der Waals surface area contributed by atoms with Crippen LogP contribution in [0.2, 0.25) is 0 Å². The zero-order valence-electron chi connectivity index (χ0n) is 13.7. The van der Waals surface area contributed by atoms with Crippen LogP contribution < -0.4 is 10.9 Å². The molecule has 1 aromatic heterocycles. The summed E-state index contributed by atoms with van der Waals surface area (Å²) in [5.74, 6) is -1.22. The van der Waals surface area contributed by atoms with E-state index >= 15 is 0 Å². The van der Waals surface area contributed by atoms with Gasteiger partial charge in [-0.3, -0.25) is 4.79 Å². The third-order valence-corrected chi connectivity index (χ3v) is 3.97. The fraction of sp³-hybridized carbons (Fsp3) is 0.100. The lowest BCUT2D eigenvalue weighted by Gasteiger charge is -2.11. The maximum atomic E-state index is 12.0. The van der Waals surface area contributed by atoms with Crippen molar-refractivity contribution in [2.45, 2.75) is 13.3 Å². The Morgan fingerprint density at radius 1 is 1.04 bits per heavy atom. The summed E-state index contributed by atoms with van der Waals surface area (Å²) in [7, 11) is 0. The summed E-state index contributed by atoms with van der Waals surface area (Å²) in [6.07, 6.45) is 0.621.